The maximum absolute atomic E-state index is 12.6. The van der Waals surface area contributed by atoms with Crippen molar-refractivity contribution in [3.05, 3.63) is 35.4 Å². The molecule has 2 aliphatic heterocycles. The van der Waals surface area contributed by atoms with Crippen molar-refractivity contribution in [2.24, 2.45) is 5.92 Å². The van der Waals surface area contributed by atoms with Gasteiger partial charge in [0.1, 0.15) is 0 Å². The summed E-state index contributed by atoms with van der Waals surface area (Å²) in [7, 11) is 0. The van der Waals surface area contributed by atoms with Gasteiger partial charge in [-0.1, -0.05) is 28.1 Å². The van der Waals surface area contributed by atoms with Crippen LogP contribution >= 0.6 is 15.9 Å². The van der Waals surface area contributed by atoms with Crippen LogP contribution in [0.3, 0.4) is 0 Å². The minimum atomic E-state index is -4.27. The van der Waals surface area contributed by atoms with E-state index in [4.69, 9.17) is 4.84 Å². The molecule has 1 N–H and O–H groups in total. The second-order valence-corrected chi connectivity index (χ2v) is 8.05. The second-order valence-electron chi connectivity index (χ2n) is 6.95. The molecule has 2 heterocycles. The average Bonchev–Trinajstić information content (AvgIpc) is 2.88. The molecule has 0 saturated carbocycles. The molecule has 3 rings (SSSR count). The first-order chi connectivity index (χ1) is 11.3. The summed E-state index contributed by atoms with van der Waals surface area (Å²) < 4.78 is 37.8. The van der Waals surface area contributed by atoms with Crippen LogP contribution in [0.5, 0.6) is 0 Å². The first kappa shape index (κ1) is 18.2. The van der Waals surface area contributed by atoms with Crippen LogP contribution in [0.2, 0.25) is 0 Å². The summed E-state index contributed by atoms with van der Waals surface area (Å²) in [6.07, 6.45) is -1.25. The maximum atomic E-state index is 12.6. The molecule has 0 spiro atoms. The first-order valence-corrected chi connectivity index (χ1v) is 9.14. The van der Waals surface area contributed by atoms with Crippen LogP contribution in [0, 0.1) is 5.92 Å². The van der Waals surface area contributed by atoms with Gasteiger partial charge in [-0.2, -0.15) is 18.7 Å². The Kier molecular flexibility index (Phi) is 5.25. The van der Waals surface area contributed by atoms with E-state index in [-0.39, 0.29) is 10.6 Å². The Bertz CT molecular complexity index is 558. The van der Waals surface area contributed by atoms with Gasteiger partial charge in [0.05, 0.1) is 16.1 Å². The number of benzene rings is 1. The van der Waals surface area contributed by atoms with Gasteiger partial charge < -0.3 is 0 Å². The Morgan fingerprint density at radius 2 is 1.88 bits per heavy atom. The summed E-state index contributed by atoms with van der Waals surface area (Å²) in [5.74, 6) is 0.497. The number of hydroxylamine groups is 1. The van der Waals surface area contributed by atoms with Gasteiger partial charge in [-0.3, -0.25) is 9.74 Å². The van der Waals surface area contributed by atoms with Crippen molar-refractivity contribution in [1.82, 2.24) is 10.4 Å². The first-order valence-electron chi connectivity index (χ1n) is 8.22. The van der Waals surface area contributed by atoms with Gasteiger partial charge >= 0.3 is 6.18 Å². The van der Waals surface area contributed by atoms with Crippen LogP contribution in [-0.4, -0.2) is 28.5 Å². The van der Waals surface area contributed by atoms with Crippen molar-refractivity contribution in [1.29, 1.82) is 0 Å². The van der Waals surface area contributed by atoms with E-state index in [0.29, 0.717) is 12.5 Å². The standard InChI is InChI=1S/C17H22BrF3N2O/c1-16(10-15(18)22-24-16)13-6-8-23(9-7-13)11-12-2-4-14(5-3-12)17(19,20)21/h2-5,13,15,22H,6-11H2,1H3/t15?,16-/m0/s1. The van der Waals surface area contributed by atoms with Crippen molar-refractivity contribution >= 4 is 15.9 Å². The largest absolute Gasteiger partial charge is 0.416 e. The summed E-state index contributed by atoms with van der Waals surface area (Å²) in [4.78, 5) is 8.27. The summed E-state index contributed by atoms with van der Waals surface area (Å²) >= 11 is 3.53. The highest BCUT2D eigenvalue weighted by atomic mass is 79.9. The van der Waals surface area contributed by atoms with Crippen molar-refractivity contribution in [3.8, 4) is 0 Å². The lowest BCUT2D eigenvalue weighted by Gasteiger charge is -2.39. The minimum absolute atomic E-state index is 0.144. The fraction of sp³-hybridized carbons (Fsp3) is 0.647. The lowest BCUT2D eigenvalue weighted by molar-refractivity contribution is -0.137. The molecule has 3 nitrogen and oxygen atoms in total. The lowest BCUT2D eigenvalue weighted by Crippen LogP contribution is -2.43. The summed E-state index contributed by atoms with van der Waals surface area (Å²) in [5.41, 5.74) is 3.18. The van der Waals surface area contributed by atoms with E-state index >= 15 is 0 Å². The molecule has 2 fully saturated rings. The van der Waals surface area contributed by atoms with Gasteiger partial charge in [-0.15, -0.1) is 0 Å². The zero-order valence-corrected chi connectivity index (χ0v) is 15.2. The monoisotopic (exact) mass is 406 g/mol. The highest BCUT2D eigenvalue weighted by Gasteiger charge is 2.43. The van der Waals surface area contributed by atoms with Crippen molar-refractivity contribution in [3.63, 3.8) is 0 Å². The van der Waals surface area contributed by atoms with Gasteiger partial charge in [0, 0.05) is 13.0 Å². The number of alkyl halides is 4. The third-order valence-electron chi connectivity index (χ3n) is 5.14. The van der Waals surface area contributed by atoms with Crippen LogP contribution in [0.1, 0.15) is 37.3 Å². The molecule has 0 bridgehead atoms. The van der Waals surface area contributed by atoms with Crippen LogP contribution in [-0.2, 0) is 17.6 Å². The average molecular weight is 407 g/mol. The number of piperidine rings is 1. The van der Waals surface area contributed by atoms with Crippen LogP contribution in [0.15, 0.2) is 24.3 Å². The Labute approximate surface area is 148 Å². The molecule has 24 heavy (non-hydrogen) atoms. The highest BCUT2D eigenvalue weighted by Crippen LogP contribution is 2.39. The van der Waals surface area contributed by atoms with E-state index < -0.39 is 11.7 Å². The predicted octanol–water partition coefficient (Wildman–Crippen LogP) is 4.32. The van der Waals surface area contributed by atoms with Crippen LogP contribution < -0.4 is 5.48 Å². The molecule has 1 aromatic rings. The van der Waals surface area contributed by atoms with Crippen molar-refractivity contribution < 1.29 is 18.0 Å². The minimum Gasteiger partial charge on any atom is -0.299 e. The van der Waals surface area contributed by atoms with Crippen molar-refractivity contribution in [2.75, 3.05) is 13.1 Å². The number of likely N-dealkylation sites (tertiary alicyclic amines) is 1. The number of hydrogen-bond donors (Lipinski definition) is 1. The molecule has 2 atom stereocenters. The zero-order valence-electron chi connectivity index (χ0n) is 13.6. The Balaban J connectivity index is 1.52. The fourth-order valence-electron chi connectivity index (χ4n) is 3.65. The smallest absolute Gasteiger partial charge is 0.299 e. The van der Waals surface area contributed by atoms with Gasteiger partial charge in [0.25, 0.3) is 0 Å². The molecule has 0 aromatic heterocycles. The highest BCUT2D eigenvalue weighted by molar-refractivity contribution is 9.09. The fourth-order valence-corrected chi connectivity index (χ4v) is 4.38. The SMILES string of the molecule is C[C@@]1(C2CCN(Cc3ccc(C(F)(F)F)cc3)CC2)CC(Br)NO1. The van der Waals surface area contributed by atoms with E-state index in [9.17, 15) is 13.2 Å². The maximum Gasteiger partial charge on any atom is 0.416 e. The van der Waals surface area contributed by atoms with Crippen LogP contribution in [0.4, 0.5) is 13.2 Å². The van der Waals surface area contributed by atoms with E-state index in [1.165, 1.54) is 0 Å². The number of halogens is 4. The molecular formula is C17H22BrF3N2O. The zero-order chi connectivity index (χ0) is 17.4. The number of nitrogens with zero attached hydrogens (tertiary/aromatic N) is 1. The third-order valence-corrected chi connectivity index (χ3v) is 5.65. The Hall–Kier alpha value is -0.630. The van der Waals surface area contributed by atoms with Crippen LogP contribution in [0.25, 0.3) is 0 Å². The third kappa shape index (κ3) is 4.12. The molecule has 7 heteroatoms. The van der Waals surface area contributed by atoms with Gasteiger partial charge in [0.15, 0.2) is 0 Å². The molecule has 1 unspecified atom stereocenters. The number of nitrogens with one attached hydrogen (secondary N) is 1. The Morgan fingerprint density at radius 3 is 2.38 bits per heavy atom. The second kappa shape index (κ2) is 6.94. The molecule has 0 amide bonds. The van der Waals surface area contributed by atoms with E-state index in [0.717, 1.165) is 50.0 Å². The molecule has 0 aliphatic carbocycles. The summed E-state index contributed by atoms with van der Waals surface area (Å²) in [6.45, 7) is 4.73. The molecular weight excluding hydrogens is 385 g/mol. The van der Waals surface area contributed by atoms with E-state index in [1.54, 1.807) is 12.1 Å². The summed E-state index contributed by atoms with van der Waals surface area (Å²) in [6, 6.07) is 5.49. The topological polar surface area (TPSA) is 24.5 Å². The molecule has 134 valence electrons. The van der Waals surface area contributed by atoms with Gasteiger partial charge in [-0.25, -0.2) is 0 Å². The number of hydrogen-bond acceptors (Lipinski definition) is 3. The molecule has 2 aliphatic rings. The molecule has 2 saturated heterocycles. The molecule has 0 radical (unpaired) electrons. The summed E-state index contributed by atoms with van der Waals surface area (Å²) in [5, 5.41) is 0. The Morgan fingerprint density at radius 1 is 1.25 bits per heavy atom. The quantitative estimate of drug-likeness (QED) is 0.597. The lowest BCUT2D eigenvalue weighted by atomic mass is 9.80. The van der Waals surface area contributed by atoms with E-state index in [2.05, 4.69) is 33.2 Å². The normalized spacial score (nSPS) is 30.0. The van der Waals surface area contributed by atoms with E-state index in [1.807, 2.05) is 0 Å². The predicted molar refractivity (Wildman–Crippen MR) is 89.4 cm³/mol. The van der Waals surface area contributed by atoms with Crippen molar-refractivity contribution in [2.45, 2.75) is 49.5 Å². The van der Waals surface area contributed by atoms with Gasteiger partial charge in [0.2, 0.25) is 0 Å². The molecule has 1 aromatic carbocycles. The van der Waals surface area contributed by atoms with Gasteiger partial charge in [-0.05, 0) is 56.5 Å². The number of rotatable bonds is 3.